The molecule has 1 amide bonds. The summed E-state index contributed by atoms with van der Waals surface area (Å²) in [5.41, 5.74) is 3.50. The number of ether oxygens (including phenoxy) is 1. The number of carbonyl (C=O) groups excluding carboxylic acids is 1. The lowest BCUT2D eigenvalue weighted by Crippen LogP contribution is -2.42. The van der Waals surface area contributed by atoms with Gasteiger partial charge in [-0.25, -0.2) is 0 Å². The van der Waals surface area contributed by atoms with Gasteiger partial charge in [-0.1, -0.05) is 49.9 Å². The van der Waals surface area contributed by atoms with Gasteiger partial charge in [0.05, 0.1) is 11.5 Å². The van der Waals surface area contributed by atoms with Crippen molar-refractivity contribution in [3.05, 3.63) is 58.1 Å². The van der Waals surface area contributed by atoms with E-state index >= 15 is 0 Å². The van der Waals surface area contributed by atoms with Gasteiger partial charge in [0.2, 0.25) is 5.91 Å². The SMILES string of the molecule is CC[C@H](C)Oc1c(C)cc(NC(=O)C2(c3ccc(Cl)cc3)CCCCC2)cc1C. The lowest BCUT2D eigenvalue weighted by atomic mass is 9.68. The van der Waals surface area contributed by atoms with Crippen LogP contribution in [-0.4, -0.2) is 12.0 Å². The molecule has 3 nitrogen and oxygen atoms in total. The molecule has 1 fully saturated rings. The van der Waals surface area contributed by atoms with Crippen LogP contribution in [0.4, 0.5) is 5.69 Å². The van der Waals surface area contributed by atoms with Gasteiger partial charge in [0, 0.05) is 10.7 Å². The van der Waals surface area contributed by atoms with Crippen LogP contribution in [0.1, 0.15) is 69.1 Å². The number of hydrogen-bond acceptors (Lipinski definition) is 2. The largest absolute Gasteiger partial charge is 0.490 e. The second kappa shape index (κ2) is 9.21. The van der Waals surface area contributed by atoms with Crippen molar-refractivity contribution in [2.75, 3.05) is 5.32 Å². The zero-order valence-electron chi connectivity index (χ0n) is 18.0. The monoisotopic (exact) mass is 413 g/mol. The van der Waals surface area contributed by atoms with Crippen LogP contribution in [0.25, 0.3) is 0 Å². The van der Waals surface area contributed by atoms with Gasteiger partial charge in [-0.05, 0) is 81.0 Å². The van der Waals surface area contributed by atoms with Crippen LogP contribution < -0.4 is 10.1 Å². The summed E-state index contributed by atoms with van der Waals surface area (Å²) in [6, 6.07) is 11.8. The molecule has 0 aliphatic heterocycles. The molecule has 0 saturated heterocycles. The Labute approximate surface area is 179 Å². The molecule has 1 atom stereocenters. The minimum Gasteiger partial charge on any atom is -0.490 e. The van der Waals surface area contributed by atoms with E-state index in [4.69, 9.17) is 16.3 Å². The maximum atomic E-state index is 13.5. The van der Waals surface area contributed by atoms with Crippen LogP contribution in [0.2, 0.25) is 5.02 Å². The van der Waals surface area contributed by atoms with Crippen LogP contribution in [0.5, 0.6) is 5.75 Å². The molecular formula is C25H32ClNO2. The van der Waals surface area contributed by atoms with Crippen molar-refractivity contribution in [3.8, 4) is 5.75 Å². The van der Waals surface area contributed by atoms with Gasteiger partial charge in [-0.2, -0.15) is 0 Å². The number of rotatable bonds is 6. The van der Waals surface area contributed by atoms with Gasteiger partial charge in [0.15, 0.2) is 0 Å². The van der Waals surface area contributed by atoms with Crippen molar-refractivity contribution in [1.82, 2.24) is 0 Å². The predicted octanol–water partition coefficient (Wildman–Crippen LogP) is 6.97. The normalized spacial score (nSPS) is 16.9. The van der Waals surface area contributed by atoms with Gasteiger partial charge < -0.3 is 10.1 Å². The molecule has 0 heterocycles. The highest BCUT2D eigenvalue weighted by molar-refractivity contribution is 6.30. The zero-order chi connectivity index (χ0) is 21.0. The van der Waals surface area contributed by atoms with E-state index in [-0.39, 0.29) is 12.0 Å². The average molecular weight is 414 g/mol. The molecule has 2 aromatic carbocycles. The molecule has 3 rings (SSSR count). The van der Waals surface area contributed by atoms with Crippen LogP contribution in [-0.2, 0) is 10.2 Å². The Kier molecular flexibility index (Phi) is 6.89. The second-order valence-corrected chi connectivity index (χ2v) is 8.82. The number of halogens is 1. The maximum Gasteiger partial charge on any atom is 0.235 e. The van der Waals surface area contributed by atoms with E-state index in [1.54, 1.807) is 0 Å². The average Bonchev–Trinajstić information content (AvgIpc) is 2.71. The number of aryl methyl sites for hydroxylation is 2. The summed E-state index contributed by atoms with van der Waals surface area (Å²) in [5, 5.41) is 3.91. The summed E-state index contributed by atoms with van der Waals surface area (Å²) >= 11 is 6.09. The highest BCUT2D eigenvalue weighted by Crippen LogP contribution is 2.41. The summed E-state index contributed by atoms with van der Waals surface area (Å²) in [7, 11) is 0. The molecule has 156 valence electrons. The molecule has 1 aliphatic rings. The number of carbonyl (C=O) groups is 1. The van der Waals surface area contributed by atoms with Crippen molar-refractivity contribution in [2.24, 2.45) is 0 Å². The number of anilines is 1. The van der Waals surface area contributed by atoms with Crippen molar-refractivity contribution < 1.29 is 9.53 Å². The zero-order valence-corrected chi connectivity index (χ0v) is 18.7. The first-order valence-corrected chi connectivity index (χ1v) is 11.1. The Balaban J connectivity index is 1.87. The molecular weight excluding hydrogens is 382 g/mol. The number of benzene rings is 2. The summed E-state index contributed by atoms with van der Waals surface area (Å²) in [5.74, 6) is 0.997. The summed E-state index contributed by atoms with van der Waals surface area (Å²) in [6.45, 7) is 8.27. The molecule has 0 spiro atoms. The van der Waals surface area contributed by atoms with Gasteiger partial charge >= 0.3 is 0 Å². The molecule has 0 unspecified atom stereocenters. The molecule has 0 aromatic heterocycles. The first-order valence-electron chi connectivity index (χ1n) is 10.7. The smallest absolute Gasteiger partial charge is 0.235 e. The standard InChI is InChI=1S/C25H32ClNO2/c1-5-19(4)29-23-17(2)15-22(16-18(23)3)27-24(28)25(13-7-6-8-14-25)20-9-11-21(26)12-10-20/h9-12,15-16,19H,5-8,13-14H2,1-4H3,(H,27,28)/t19-/m0/s1. The molecule has 0 bridgehead atoms. The van der Waals surface area contributed by atoms with E-state index in [9.17, 15) is 4.79 Å². The highest BCUT2D eigenvalue weighted by Gasteiger charge is 2.41. The molecule has 4 heteroatoms. The lowest BCUT2D eigenvalue weighted by Gasteiger charge is -2.36. The van der Waals surface area contributed by atoms with Crippen LogP contribution in [0.15, 0.2) is 36.4 Å². The number of nitrogens with one attached hydrogen (secondary N) is 1. The van der Waals surface area contributed by atoms with Crippen molar-refractivity contribution in [2.45, 2.75) is 77.7 Å². The van der Waals surface area contributed by atoms with Crippen LogP contribution >= 0.6 is 11.6 Å². The molecule has 29 heavy (non-hydrogen) atoms. The van der Waals surface area contributed by atoms with Crippen molar-refractivity contribution >= 4 is 23.2 Å². The fraction of sp³-hybridized carbons (Fsp3) is 0.480. The Morgan fingerprint density at radius 1 is 1.10 bits per heavy atom. The third-order valence-electron chi connectivity index (χ3n) is 6.15. The van der Waals surface area contributed by atoms with Gasteiger partial charge in [-0.15, -0.1) is 0 Å². The van der Waals surface area contributed by atoms with E-state index in [1.165, 1.54) is 6.42 Å². The summed E-state index contributed by atoms with van der Waals surface area (Å²) in [6.07, 6.45) is 6.18. The van der Waals surface area contributed by atoms with Crippen LogP contribution in [0.3, 0.4) is 0 Å². The maximum absolute atomic E-state index is 13.5. The van der Waals surface area contributed by atoms with E-state index in [0.717, 1.165) is 60.2 Å². The van der Waals surface area contributed by atoms with E-state index in [2.05, 4.69) is 19.2 Å². The molecule has 2 aromatic rings. The minimum absolute atomic E-state index is 0.0777. The quantitative estimate of drug-likeness (QED) is 0.554. The number of hydrogen-bond donors (Lipinski definition) is 1. The lowest BCUT2D eigenvalue weighted by molar-refractivity contribution is -0.122. The van der Waals surface area contributed by atoms with E-state index < -0.39 is 5.41 Å². The minimum atomic E-state index is -0.490. The number of amides is 1. The topological polar surface area (TPSA) is 38.3 Å². The predicted molar refractivity (Wildman–Crippen MR) is 121 cm³/mol. The summed E-state index contributed by atoms with van der Waals surface area (Å²) in [4.78, 5) is 13.5. The van der Waals surface area contributed by atoms with Crippen LogP contribution in [0, 0.1) is 13.8 Å². The third kappa shape index (κ3) is 4.78. The first kappa shape index (κ1) is 21.7. The Morgan fingerprint density at radius 3 is 2.24 bits per heavy atom. The molecule has 1 N–H and O–H groups in total. The summed E-state index contributed by atoms with van der Waals surface area (Å²) < 4.78 is 6.08. The van der Waals surface area contributed by atoms with Gasteiger partial charge in [0.25, 0.3) is 0 Å². The highest BCUT2D eigenvalue weighted by atomic mass is 35.5. The second-order valence-electron chi connectivity index (χ2n) is 8.38. The fourth-order valence-corrected chi connectivity index (χ4v) is 4.44. The molecule has 1 aliphatic carbocycles. The Bertz CT molecular complexity index is 831. The molecule has 0 radical (unpaired) electrons. The van der Waals surface area contributed by atoms with Gasteiger partial charge in [-0.3, -0.25) is 4.79 Å². The fourth-order valence-electron chi connectivity index (χ4n) is 4.31. The first-order chi connectivity index (χ1) is 13.9. The Hall–Kier alpha value is -2.00. The third-order valence-corrected chi connectivity index (χ3v) is 6.40. The molecule has 1 saturated carbocycles. The Morgan fingerprint density at radius 2 is 1.69 bits per heavy atom. The van der Waals surface area contributed by atoms with E-state index in [1.807, 2.05) is 50.2 Å². The van der Waals surface area contributed by atoms with E-state index in [0.29, 0.717) is 5.02 Å². The van der Waals surface area contributed by atoms with Gasteiger partial charge in [0.1, 0.15) is 5.75 Å². The van der Waals surface area contributed by atoms with Crippen molar-refractivity contribution in [1.29, 1.82) is 0 Å². The van der Waals surface area contributed by atoms with Crippen molar-refractivity contribution in [3.63, 3.8) is 0 Å².